The SMILES string of the molecule is CCC(C)=Nc1ccc(OC(F)F)cc1C. The summed E-state index contributed by atoms with van der Waals surface area (Å²) >= 11 is 0. The van der Waals surface area contributed by atoms with E-state index in [4.69, 9.17) is 0 Å². The monoisotopic (exact) mass is 227 g/mol. The first-order valence-electron chi connectivity index (χ1n) is 5.12. The lowest BCUT2D eigenvalue weighted by Gasteiger charge is -2.07. The van der Waals surface area contributed by atoms with E-state index < -0.39 is 6.61 Å². The fraction of sp³-hybridized carbons (Fsp3) is 0.417. The van der Waals surface area contributed by atoms with Gasteiger partial charge in [-0.05, 0) is 44.0 Å². The Labute approximate surface area is 94.0 Å². The fourth-order valence-corrected chi connectivity index (χ4v) is 1.21. The van der Waals surface area contributed by atoms with Crippen molar-refractivity contribution >= 4 is 11.4 Å². The van der Waals surface area contributed by atoms with Crippen molar-refractivity contribution in [2.75, 3.05) is 0 Å². The summed E-state index contributed by atoms with van der Waals surface area (Å²) in [5, 5.41) is 0. The van der Waals surface area contributed by atoms with E-state index in [2.05, 4.69) is 9.73 Å². The highest BCUT2D eigenvalue weighted by molar-refractivity contribution is 5.84. The van der Waals surface area contributed by atoms with Gasteiger partial charge in [-0.3, -0.25) is 4.99 Å². The number of nitrogens with zero attached hydrogens (tertiary/aromatic N) is 1. The first-order chi connectivity index (χ1) is 7.52. The first kappa shape index (κ1) is 12.6. The summed E-state index contributed by atoms with van der Waals surface area (Å²) in [6.45, 7) is 2.98. The van der Waals surface area contributed by atoms with Gasteiger partial charge in [0.1, 0.15) is 5.75 Å². The van der Waals surface area contributed by atoms with E-state index in [1.54, 1.807) is 12.1 Å². The number of ether oxygens (including phenoxy) is 1. The number of alkyl halides is 2. The number of rotatable bonds is 4. The summed E-state index contributed by atoms with van der Waals surface area (Å²) < 4.78 is 28.2. The lowest BCUT2D eigenvalue weighted by atomic mass is 10.2. The number of halogens is 2. The highest BCUT2D eigenvalue weighted by Gasteiger charge is 2.05. The van der Waals surface area contributed by atoms with Crippen molar-refractivity contribution in [2.45, 2.75) is 33.8 Å². The summed E-state index contributed by atoms with van der Waals surface area (Å²) in [4.78, 5) is 4.37. The molecule has 16 heavy (non-hydrogen) atoms. The zero-order valence-electron chi connectivity index (χ0n) is 9.63. The highest BCUT2D eigenvalue weighted by atomic mass is 19.3. The second-order valence-electron chi connectivity index (χ2n) is 3.53. The maximum atomic E-state index is 12.0. The predicted molar refractivity (Wildman–Crippen MR) is 60.9 cm³/mol. The van der Waals surface area contributed by atoms with Crippen LogP contribution in [0.4, 0.5) is 14.5 Å². The molecule has 0 heterocycles. The van der Waals surface area contributed by atoms with Crippen LogP contribution in [0.5, 0.6) is 5.75 Å². The van der Waals surface area contributed by atoms with Crippen LogP contribution < -0.4 is 4.74 Å². The molecular formula is C12H15F2NO. The molecule has 4 heteroatoms. The summed E-state index contributed by atoms with van der Waals surface area (Å²) in [7, 11) is 0. The van der Waals surface area contributed by atoms with Crippen LogP contribution in [0.25, 0.3) is 0 Å². The van der Waals surface area contributed by atoms with Crippen LogP contribution >= 0.6 is 0 Å². The first-order valence-corrected chi connectivity index (χ1v) is 5.12. The molecule has 0 aromatic heterocycles. The molecule has 2 nitrogen and oxygen atoms in total. The van der Waals surface area contributed by atoms with Gasteiger partial charge in [-0.1, -0.05) is 6.92 Å². The van der Waals surface area contributed by atoms with Gasteiger partial charge in [0.2, 0.25) is 0 Å². The van der Waals surface area contributed by atoms with Crippen LogP contribution in [-0.4, -0.2) is 12.3 Å². The molecule has 1 aromatic carbocycles. The second-order valence-corrected chi connectivity index (χ2v) is 3.53. The smallest absolute Gasteiger partial charge is 0.387 e. The average Bonchev–Trinajstić information content (AvgIpc) is 2.21. The average molecular weight is 227 g/mol. The van der Waals surface area contributed by atoms with Crippen molar-refractivity contribution in [2.24, 2.45) is 4.99 Å². The minimum absolute atomic E-state index is 0.167. The summed E-state index contributed by atoms with van der Waals surface area (Å²) in [5.74, 6) is 0.167. The topological polar surface area (TPSA) is 21.6 Å². The standard InChI is InChI=1S/C12H15F2NO/c1-4-9(3)15-11-6-5-10(7-8(11)2)16-12(13)14/h5-7,12H,4H2,1-3H3. The summed E-state index contributed by atoms with van der Waals surface area (Å²) in [6.07, 6.45) is 0.870. The van der Waals surface area contributed by atoms with E-state index in [9.17, 15) is 8.78 Å². The molecule has 0 aliphatic heterocycles. The van der Waals surface area contributed by atoms with Crippen LogP contribution in [-0.2, 0) is 0 Å². The van der Waals surface area contributed by atoms with Crippen LogP contribution in [0.1, 0.15) is 25.8 Å². The van der Waals surface area contributed by atoms with Crippen molar-refractivity contribution in [1.29, 1.82) is 0 Å². The van der Waals surface area contributed by atoms with Gasteiger partial charge in [0.25, 0.3) is 0 Å². The van der Waals surface area contributed by atoms with Gasteiger partial charge in [-0.2, -0.15) is 8.78 Å². The number of hydrogen-bond acceptors (Lipinski definition) is 2. The van der Waals surface area contributed by atoms with Gasteiger partial charge in [0.05, 0.1) is 5.69 Å². The molecule has 0 saturated carbocycles. The minimum Gasteiger partial charge on any atom is -0.435 e. The molecule has 1 aromatic rings. The van der Waals surface area contributed by atoms with E-state index in [1.165, 1.54) is 6.07 Å². The number of benzene rings is 1. The molecular weight excluding hydrogens is 212 g/mol. The summed E-state index contributed by atoms with van der Waals surface area (Å²) in [5.41, 5.74) is 2.62. The number of aliphatic imine (C=N–C) groups is 1. The van der Waals surface area contributed by atoms with Crippen molar-refractivity contribution in [3.8, 4) is 5.75 Å². The quantitative estimate of drug-likeness (QED) is 0.709. The normalized spacial score (nSPS) is 12.0. The van der Waals surface area contributed by atoms with Crippen molar-refractivity contribution in [3.05, 3.63) is 23.8 Å². The lowest BCUT2D eigenvalue weighted by molar-refractivity contribution is -0.0498. The molecule has 0 fully saturated rings. The fourth-order valence-electron chi connectivity index (χ4n) is 1.21. The third-order valence-corrected chi connectivity index (χ3v) is 2.22. The van der Waals surface area contributed by atoms with Crippen LogP contribution in [0, 0.1) is 6.92 Å². The summed E-state index contributed by atoms with van der Waals surface area (Å²) in [6, 6.07) is 4.75. The van der Waals surface area contributed by atoms with Crippen molar-refractivity contribution in [1.82, 2.24) is 0 Å². The van der Waals surface area contributed by atoms with E-state index in [1.807, 2.05) is 20.8 Å². The van der Waals surface area contributed by atoms with Crippen molar-refractivity contribution in [3.63, 3.8) is 0 Å². The maximum Gasteiger partial charge on any atom is 0.387 e. The van der Waals surface area contributed by atoms with Gasteiger partial charge < -0.3 is 4.74 Å². The molecule has 88 valence electrons. The largest absolute Gasteiger partial charge is 0.435 e. The maximum absolute atomic E-state index is 12.0. The number of aryl methyl sites for hydroxylation is 1. The third-order valence-electron chi connectivity index (χ3n) is 2.22. The zero-order valence-corrected chi connectivity index (χ0v) is 9.63. The zero-order chi connectivity index (χ0) is 12.1. The number of hydrogen-bond donors (Lipinski definition) is 0. The Hall–Kier alpha value is -1.45. The Morgan fingerprint density at radius 3 is 2.62 bits per heavy atom. The van der Waals surface area contributed by atoms with Gasteiger partial charge in [-0.25, -0.2) is 0 Å². The van der Waals surface area contributed by atoms with Crippen LogP contribution in [0.15, 0.2) is 23.2 Å². The Morgan fingerprint density at radius 2 is 2.12 bits per heavy atom. The van der Waals surface area contributed by atoms with Crippen LogP contribution in [0.3, 0.4) is 0 Å². The molecule has 0 N–H and O–H groups in total. The Bertz CT molecular complexity index is 389. The van der Waals surface area contributed by atoms with Gasteiger partial charge in [0, 0.05) is 5.71 Å². The third kappa shape index (κ3) is 3.61. The molecule has 0 atom stereocenters. The van der Waals surface area contributed by atoms with Crippen molar-refractivity contribution < 1.29 is 13.5 Å². The molecule has 0 bridgehead atoms. The lowest BCUT2D eigenvalue weighted by Crippen LogP contribution is -2.01. The Morgan fingerprint density at radius 1 is 1.44 bits per heavy atom. The molecule has 0 aliphatic rings. The van der Waals surface area contributed by atoms with Crippen LogP contribution in [0.2, 0.25) is 0 Å². The molecule has 1 rings (SSSR count). The molecule has 0 saturated heterocycles. The van der Waals surface area contributed by atoms with E-state index in [0.29, 0.717) is 0 Å². The van der Waals surface area contributed by atoms with Gasteiger partial charge in [0.15, 0.2) is 0 Å². The molecule has 0 radical (unpaired) electrons. The van der Waals surface area contributed by atoms with Gasteiger partial charge in [-0.15, -0.1) is 0 Å². The van der Waals surface area contributed by atoms with E-state index >= 15 is 0 Å². The van der Waals surface area contributed by atoms with E-state index in [-0.39, 0.29) is 5.75 Å². The van der Waals surface area contributed by atoms with Gasteiger partial charge >= 0.3 is 6.61 Å². The molecule has 0 spiro atoms. The molecule has 0 unspecified atom stereocenters. The molecule has 0 amide bonds. The Balaban J connectivity index is 2.91. The molecule has 0 aliphatic carbocycles. The Kier molecular flexibility index (Phi) is 4.40. The second kappa shape index (κ2) is 5.58. The minimum atomic E-state index is -2.79. The predicted octanol–water partition coefficient (Wildman–Crippen LogP) is 4.10. The highest BCUT2D eigenvalue weighted by Crippen LogP contribution is 2.25. The van der Waals surface area contributed by atoms with E-state index in [0.717, 1.165) is 23.4 Å².